The van der Waals surface area contributed by atoms with Gasteiger partial charge < -0.3 is 14.2 Å². The van der Waals surface area contributed by atoms with Crippen molar-refractivity contribution < 1.29 is 19.0 Å². The summed E-state index contributed by atoms with van der Waals surface area (Å²) in [7, 11) is 3.15. The molecule has 9 heteroatoms. The Kier molecular flexibility index (Phi) is 5.92. The fourth-order valence-corrected chi connectivity index (χ4v) is 4.04. The second kappa shape index (κ2) is 8.36. The van der Waals surface area contributed by atoms with Crippen LogP contribution >= 0.6 is 22.7 Å². The number of thiazole rings is 2. The molecule has 3 rings (SSSR count). The van der Waals surface area contributed by atoms with Gasteiger partial charge in [-0.2, -0.15) is 0 Å². The quantitative estimate of drug-likeness (QED) is 0.561. The summed E-state index contributed by atoms with van der Waals surface area (Å²) in [5, 5.41) is 4.27. The predicted octanol–water partition coefficient (Wildman–Crippen LogP) is 3.10. The van der Waals surface area contributed by atoms with Crippen molar-refractivity contribution in [3.8, 4) is 22.1 Å². The number of esters is 1. The maximum atomic E-state index is 12.0. The molecular weight excluding hydrogens is 388 g/mol. The monoisotopic (exact) mass is 406 g/mol. The van der Waals surface area contributed by atoms with Gasteiger partial charge in [0.2, 0.25) is 0 Å². The van der Waals surface area contributed by atoms with Gasteiger partial charge in [-0.1, -0.05) is 17.4 Å². The molecule has 2 aromatic heterocycles. The van der Waals surface area contributed by atoms with E-state index in [0.29, 0.717) is 17.2 Å². The van der Waals surface area contributed by atoms with E-state index in [-0.39, 0.29) is 18.0 Å². The van der Waals surface area contributed by atoms with Crippen LogP contribution in [0.3, 0.4) is 0 Å². The van der Waals surface area contributed by atoms with Gasteiger partial charge in [0.05, 0.1) is 25.5 Å². The average molecular weight is 406 g/mol. The molecule has 2 heterocycles. The number of hydrogen-bond donors (Lipinski definition) is 0. The Labute approximate surface area is 163 Å². The summed E-state index contributed by atoms with van der Waals surface area (Å²) in [6.07, 6.45) is 0. The Hall–Kier alpha value is -2.65. The minimum Gasteiger partial charge on any atom is -0.493 e. The standard InChI is InChI=1S/C18H18N2O5S2/c1-11-9-27-18(22)20(11)7-15(21)25-8-12-10-26-17(19-12)13-5-4-6-14(23-2)16(13)24-3/h4-6,9-10H,7-8H2,1-3H3. The third kappa shape index (κ3) is 4.20. The number of methoxy groups -OCH3 is 2. The molecule has 0 amide bonds. The van der Waals surface area contributed by atoms with Gasteiger partial charge in [-0.25, -0.2) is 4.98 Å². The summed E-state index contributed by atoms with van der Waals surface area (Å²) in [6.45, 7) is 1.72. The van der Waals surface area contributed by atoms with Gasteiger partial charge in [0.25, 0.3) is 0 Å². The molecule has 142 valence electrons. The van der Waals surface area contributed by atoms with E-state index in [0.717, 1.165) is 27.6 Å². The van der Waals surface area contributed by atoms with Gasteiger partial charge in [0.15, 0.2) is 11.5 Å². The first kappa shape index (κ1) is 19.1. The lowest BCUT2D eigenvalue weighted by atomic mass is 10.2. The van der Waals surface area contributed by atoms with Crippen LogP contribution in [0.4, 0.5) is 0 Å². The van der Waals surface area contributed by atoms with Crippen molar-refractivity contribution in [2.45, 2.75) is 20.1 Å². The Morgan fingerprint density at radius 2 is 2.00 bits per heavy atom. The molecule has 7 nitrogen and oxygen atoms in total. The topological polar surface area (TPSA) is 79.7 Å². The molecule has 3 aromatic rings. The summed E-state index contributed by atoms with van der Waals surface area (Å²) >= 11 is 2.48. The van der Waals surface area contributed by atoms with Gasteiger partial charge in [0.1, 0.15) is 18.2 Å². The SMILES string of the molecule is COc1cccc(-c2nc(COC(=O)Cn3c(C)csc3=O)cs2)c1OC. The highest BCUT2D eigenvalue weighted by atomic mass is 32.1. The zero-order valence-corrected chi connectivity index (χ0v) is 16.7. The lowest BCUT2D eigenvalue weighted by Crippen LogP contribution is -2.22. The first-order chi connectivity index (χ1) is 13.0. The molecule has 0 atom stereocenters. The summed E-state index contributed by atoms with van der Waals surface area (Å²) in [6, 6.07) is 5.56. The summed E-state index contributed by atoms with van der Waals surface area (Å²) < 4.78 is 17.4. The molecule has 0 aliphatic carbocycles. The van der Waals surface area contributed by atoms with Crippen molar-refractivity contribution in [1.82, 2.24) is 9.55 Å². The van der Waals surface area contributed by atoms with Crippen molar-refractivity contribution in [2.75, 3.05) is 14.2 Å². The van der Waals surface area contributed by atoms with Crippen LogP contribution in [0.1, 0.15) is 11.4 Å². The second-order valence-corrected chi connectivity index (χ2v) is 7.25. The zero-order valence-electron chi connectivity index (χ0n) is 15.1. The van der Waals surface area contributed by atoms with Crippen molar-refractivity contribution >= 4 is 28.6 Å². The first-order valence-corrected chi connectivity index (χ1v) is 9.75. The summed E-state index contributed by atoms with van der Waals surface area (Å²) in [5.41, 5.74) is 2.17. The minimum absolute atomic E-state index is 0.0412. The molecular formula is C18H18N2O5S2. The molecule has 0 N–H and O–H groups in total. The molecule has 0 aliphatic rings. The molecule has 0 radical (unpaired) electrons. The number of ether oxygens (including phenoxy) is 3. The van der Waals surface area contributed by atoms with Gasteiger partial charge in [-0.05, 0) is 19.1 Å². The number of carbonyl (C=O) groups is 1. The molecule has 27 heavy (non-hydrogen) atoms. The van der Waals surface area contributed by atoms with E-state index in [1.807, 2.05) is 23.6 Å². The Balaban J connectivity index is 1.68. The number of para-hydroxylation sites is 1. The second-order valence-electron chi connectivity index (χ2n) is 5.57. The summed E-state index contributed by atoms with van der Waals surface area (Å²) in [4.78, 5) is 28.0. The van der Waals surface area contributed by atoms with Gasteiger partial charge in [-0.3, -0.25) is 14.2 Å². The van der Waals surface area contributed by atoms with Crippen LogP contribution in [-0.4, -0.2) is 29.7 Å². The largest absolute Gasteiger partial charge is 0.493 e. The third-order valence-corrected chi connectivity index (χ3v) is 5.64. The number of hydrogen-bond acceptors (Lipinski definition) is 8. The fraction of sp³-hybridized carbons (Fsp3) is 0.278. The maximum absolute atomic E-state index is 12.0. The normalized spacial score (nSPS) is 10.6. The van der Waals surface area contributed by atoms with Crippen molar-refractivity contribution in [2.24, 2.45) is 0 Å². The van der Waals surface area contributed by atoms with E-state index in [1.165, 1.54) is 15.9 Å². The van der Waals surface area contributed by atoms with Crippen LogP contribution in [0.15, 0.2) is 33.8 Å². The van der Waals surface area contributed by atoms with E-state index in [2.05, 4.69) is 4.98 Å². The van der Waals surface area contributed by atoms with E-state index >= 15 is 0 Å². The summed E-state index contributed by atoms with van der Waals surface area (Å²) in [5.74, 6) is 0.743. The van der Waals surface area contributed by atoms with E-state index < -0.39 is 5.97 Å². The van der Waals surface area contributed by atoms with Crippen LogP contribution in [0, 0.1) is 6.92 Å². The average Bonchev–Trinajstić information content (AvgIpc) is 3.27. The van der Waals surface area contributed by atoms with Crippen LogP contribution in [0.25, 0.3) is 10.6 Å². The Morgan fingerprint density at radius 3 is 2.67 bits per heavy atom. The van der Waals surface area contributed by atoms with E-state index in [4.69, 9.17) is 14.2 Å². The Morgan fingerprint density at radius 1 is 1.19 bits per heavy atom. The van der Waals surface area contributed by atoms with Crippen LogP contribution in [0.2, 0.25) is 0 Å². The van der Waals surface area contributed by atoms with Crippen molar-refractivity contribution in [1.29, 1.82) is 0 Å². The molecule has 0 saturated carbocycles. The predicted molar refractivity (Wildman–Crippen MR) is 104 cm³/mol. The number of carbonyl (C=O) groups excluding carboxylic acids is 1. The van der Waals surface area contributed by atoms with Gasteiger partial charge in [-0.15, -0.1) is 11.3 Å². The molecule has 0 saturated heterocycles. The zero-order chi connectivity index (χ0) is 19.4. The number of benzene rings is 1. The van der Waals surface area contributed by atoms with E-state index in [1.54, 1.807) is 26.5 Å². The lowest BCUT2D eigenvalue weighted by molar-refractivity contribution is -0.145. The van der Waals surface area contributed by atoms with E-state index in [9.17, 15) is 9.59 Å². The maximum Gasteiger partial charge on any atom is 0.326 e. The fourth-order valence-electron chi connectivity index (χ4n) is 2.48. The first-order valence-electron chi connectivity index (χ1n) is 7.99. The Bertz CT molecular complexity index is 1010. The smallest absolute Gasteiger partial charge is 0.326 e. The van der Waals surface area contributed by atoms with Crippen LogP contribution in [0.5, 0.6) is 11.5 Å². The van der Waals surface area contributed by atoms with Crippen molar-refractivity contribution in [3.05, 3.63) is 50.0 Å². The number of rotatable bonds is 7. The molecule has 0 aliphatic heterocycles. The number of aromatic nitrogens is 2. The minimum atomic E-state index is -0.480. The lowest BCUT2D eigenvalue weighted by Gasteiger charge is -2.10. The third-order valence-electron chi connectivity index (χ3n) is 3.83. The highest BCUT2D eigenvalue weighted by Gasteiger charge is 2.15. The van der Waals surface area contributed by atoms with Gasteiger partial charge >= 0.3 is 10.8 Å². The van der Waals surface area contributed by atoms with Crippen molar-refractivity contribution in [3.63, 3.8) is 0 Å². The highest BCUT2D eigenvalue weighted by Crippen LogP contribution is 2.38. The molecule has 0 bridgehead atoms. The van der Waals surface area contributed by atoms with Crippen LogP contribution in [-0.2, 0) is 22.7 Å². The molecule has 0 spiro atoms. The number of nitrogens with zero attached hydrogens (tertiary/aromatic N) is 2. The molecule has 0 unspecified atom stereocenters. The van der Waals surface area contributed by atoms with Crippen LogP contribution < -0.4 is 14.3 Å². The molecule has 0 fully saturated rings. The number of aryl methyl sites for hydroxylation is 1. The highest BCUT2D eigenvalue weighted by molar-refractivity contribution is 7.13. The molecule has 1 aromatic carbocycles. The van der Waals surface area contributed by atoms with Gasteiger partial charge in [0, 0.05) is 16.5 Å².